The van der Waals surface area contributed by atoms with Crippen LogP contribution >= 0.6 is 0 Å². The van der Waals surface area contributed by atoms with Crippen molar-refractivity contribution in [2.75, 3.05) is 0 Å². The van der Waals surface area contributed by atoms with Gasteiger partial charge in [0.25, 0.3) is 0 Å². The lowest BCUT2D eigenvalue weighted by Gasteiger charge is -2.41. The van der Waals surface area contributed by atoms with E-state index >= 15 is 0 Å². The molecule has 1 aliphatic heterocycles. The molecule has 1 N–H and O–H groups in total. The van der Waals surface area contributed by atoms with Gasteiger partial charge < -0.3 is 4.74 Å². The third-order valence-electron chi connectivity index (χ3n) is 6.04. The Morgan fingerprint density at radius 1 is 1.09 bits per heavy atom. The summed E-state index contributed by atoms with van der Waals surface area (Å²) in [6.45, 7) is 6.04. The number of ether oxygens (including phenoxy) is 1. The largest absolute Gasteiger partial charge is 0.369 e. The lowest BCUT2D eigenvalue weighted by atomic mass is 9.75. The van der Waals surface area contributed by atoms with E-state index < -0.39 is 23.2 Å². The minimum absolute atomic E-state index is 0.104. The summed E-state index contributed by atoms with van der Waals surface area (Å²) in [5.41, 5.74) is 8.15. The fraction of sp³-hybridized carbons (Fsp3) is 0.370. The Labute approximate surface area is 200 Å². The number of benzene rings is 2. The van der Waals surface area contributed by atoms with Gasteiger partial charge in [-0.15, -0.1) is 10.2 Å². The van der Waals surface area contributed by atoms with Gasteiger partial charge in [-0.25, -0.2) is 0 Å². The first-order valence-corrected chi connectivity index (χ1v) is 11.5. The van der Waals surface area contributed by atoms with Crippen LogP contribution < -0.4 is 5.73 Å². The second kappa shape index (κ2) is 9.81. The van der Waals surface area contributed by atoms with Crippen LogP contribution in [0.15, 0.2) is 82.4 Å². The number of pyridine rings is 1. The lowest BCUT2D eigenvalue weighted by Crippen LogP contribution is -2.49. The van der Waals surface area contributed by atoms with Gasteiger partial charge in [0.2, 0.25) is 5.91 Å². The first-order chi connectivity index (χ1) is 16.3. The number of carbonyl (C=O) groups excluding carboxylic acids is 1. The highest BCUT2D eigenvalue weighted by atomic mass is 16.5. The normalized spacial score (nSPS) is 19.4. The van der Waals surface area contributed by atoms with Crippen LogP contribution in [0.5, 0.6) is 0 Å². The van der Waals surface area contributed by atoms with E-state index in [1.807, 2.05) is 63.4 Å². The smallest absolute Gasteiger partial charge is 0.238 e. The topological polar surface area (TPSA) is 100 Å². The van der Waals surface area contributed by atoms with E-state index in [-0.39, 0.29) is 12.3 Å². The maximum absolute atomic E-state index is 11.7. The van der Waals surface area contributed by atoms with E-state index in [0.717, 1.165) is 21.9 Å². The van der Waals surface area contributed by atoms with Crippen LogP contribution in [0, 0.1) is 5.92 Å². The Balaban J connectivity index is 1.83. The summed E-state index contributed by atoms with van der Waals surface area (Å²) in [4.78, 5) is 15.9. The monoisotopic (exact) mass is 456 g/mol. The van der Waals surface area contributed by atoms with Crippen molar-refractivity contribution in [2.45, 2.75) is 57.3 Å². The Morgan fingerprint density at radius 3 is 2.56 bits per heavy atom. The van der Waals surface area contributed by atoms with Gasteiger partial charge in [-0.1, -0.05) is 42.5 Å². The molecule has 1 aliphatic rings. The molecule has 1 radical (unpaired) electrons. The van der Waals surface area contributed by atoms with Crippen molar-refractivity contribution in [3.05, 3.63) is 78.1 Å². The van der Waals surface area contributed by atoms with Crippen LogP contribution in [-0.4, -0.2) is 28.8 Å². The van der Waals surface area contributed by atoms with Gasteiger partial charge in [-0.05, 0) is 73.4 Å². The van der Waals surface area contributed by atoms with Gasteiger partial charge in [-0.2, -0.15) is 0 Å². The zero-order chi connectivity index (χ0) is 24.2. The molecule has 3 unspecified atom stereocenters. The fourth-order valence-corrected chi connectivity index (χ4v) is 4.52. The number of rotatable bonds is 9. The van der Waals surface area contributed by atoms with Gasteiger partial charge in [-0.3, -0.25) is 15.5 Å². The molecule has 1 amide bonds. The first-order valence-electron chi connectivity index (χ1n) is 11.5. The van der Waals surface area contributed by atoms with Crippen LogP contribution in [0.2, 0.25) is 0 Å². The molecule has 0 aliphatic carbocycles. The van der Waals surface area contributed by atoms with Gasteiger partial charge in [0.1, 0.15) is 0 Å². The van der Waals surface area contributed by atoms with Crippen molar-refractivity contribution in [1.29, 1.82) is 0 Å². The standard InChI is InChI=1S/C27H30N5O2/c1-26(2,3)34-25(21(10-12-24(28)33)15-19-7-5-4-6-8-19)27(18-30-32-31-27)23-11-9-22-17-29-14-13-20(22)16-23/h4-9,11,13-14,16-18,21,25,28H,10,12,15H2,1-3H3. The number of aromatic nitrogens is 1. The van der Waals surface area contributed by atoms with Crippen molar-refractivity contribution in [3.63, 3.8) is 0 Å². The summed E-state index contributed by atoms with van der Waals surface area (Å²) in [7, 11) is 0. The van der Waals surface area contributed by atoms with Gasteiger partial charge in [0, 0.05) is 24.2 Å². The number of carbonyl (C=O) groups is 1. The molecule has 1 aromatic heterocycles. The molecular formula is C27H30N5O2. The van der Waals surface area contributed by atoms with Gasteiger partial charge >= 0.3 is 0 Å². The highest BCUT2D eigenvalue weighted by Gasteiger charge is 2.48. The maximum Gasteiger partial charge on any atom is 0.238 e. The molecule has 2 aromatic carbocycles. The maximum atomic E-state index is 11.7. The fourth-order valence-electron chi connectivity index (χ4n) is 4.52. The van der Waals surface area contributed by atoms with E-state index in [1.165, 1.54) is 0 Å². The number of fused-ring (bicyclic) bond motifs is 1. The zero-order valence-corrected chi connectivity index (χ0v) is 19.8. The quantitative estimate of drug-likeness (QED) is 0.424. The molecule has 0 fully saturated rings. The summed E-state index contributed by atoms with van der Waals surface area (Å²) in [6, 6.07) is 18.2. The van der Waals surface area contributed by atoms with Crippen LogP contribution in [0.1, 0.15) is 44.7 Å². The molecule has 4 rings (SSSR count). The predicted molar refractivity (Wildman–Crippen MR) is 132 cm³/mol. The molecule has 0 bridgehead atoms. The first kappa shape index (κ1) is 23.7. The highest BCUT2D eigenvalue weighted by Crippen LogP contribution is 2.42. The third-order valence-corrected chi connectivity index (χ3v) is 6.04. The van der Waals surface area contributed by atoms with E-state index in [4.69, 9.17) is 10.5 Å². The summed E-state index contributed by atoms with van der Waals surface area (Å²) in [5, 5.41) is 14.9. The molecule has 3 atom stereocenters. The van der Waals surface area contributed by atoms with Crippen molar-refractivity contribution in [2.24, 2.45) is 21.4 Å². The van der Waals surface area contributed by atoms with Crippen LogP contribution in [0.3, 0.4) is 0 Å². The van der Waals surface area contributed by atoms with Gasteiger partial charge in [0.15, 0.2) is 5.54 Å². The highest BCUT2D eigenvalue weighted by molar-refractivity contribution is 5.85. The molecule has 0 saturated carbocycles. The van der Waals surface area contributed by atoms with Crippen molar-refractivity contribution < 1.29 is 9.53 Å². The number of hydrogen-bond donors (Lipinski definition) is 0. The Hall–Kier alpha value is -3.45. The molecule has 175 valence electrons. The van der Waals surface area contributed by atoms with Crippen molar-refractivity contribution in [3.8, 4) is 0 Å². The summed E-state index contributed by atoms with van der Waals surface area (Å²) >= 11 is 0. The summed E-state index contributed by atoms with van der Waals surface area (Å²) < 4.78 is 6.73. The molecule has 2 heterocycles. The lowest BCUT2D eigenvalue weighted by molar-refractivity contribution is -0.121. The summed E-state index contributed by atoms with van der Waals surface area (Å²) in [5.74, 6) is -0.686. The average molecular weight is 457 g/mol. The van der Waals surface area contributed by atoms with Gasteiger partial charge in [0.05, 0.1) is 17.9 Å². The minimum Gasteiger partial charge on any atom is -0.369 e. The Morgan fingerprint density at radius 2 is 1.88 bits per heavy atom. The molecule has 7 nitrogen and oxygen atoms in total. The molecule has 0 spiro atoms. The van der Waals surface area contributed by atoms with E-state index in [1.54, 1.807) is 12.4 Å². The summed E-state index contributed by atoms with van der Waals surface area (Å²) in [6.07, 6.45) is 6.22. The molecular weight excluding hydrogens is 426 g/mol. The van der Waals surface area contributed by atoms with E-state index in [9.17, 15) is 4.79 Å². The predicted octanol–water partition coefficient (Wildman–Crippen LogP) is 5.51. The van der Waals surface area contributed by atoms with Crippen LogP contribution in [0.25, 0.3) is 10.8 Å². The van der Waals surface area contributed by atoms with E-state index in [2.05, 4.69) is 38.6 Å². The number of hydrogen-bond acceptors (Lipinski definition) is 6. The SMILES string of the molecule is CC(C)(C)OC(C(CCC([NH])=O)Cc1ccccc1)C1(c2ccc3cnccc3c2)C=NN=N1. The Kier molecular flexibility index (Phi) is 6.84. The van der Waals surface area contributed by atoms with E-state index in [0.29, 0.717) is 12.8 Å². The number of nitrogens with one attached hydrogen (secondary N) is 1. The average Bonchev–Trinajstić information content (AvgIpc) is 3.31. The van der Waals surface area contributed by atoms with Crippen molar-refractivity contribution >= 4 is 22.9 Å². The zero-order valence-electron chi connectivity index (χ0n) is 19.8. The Bertz CT molecular complexity index is 1190. The second-order valence-corrected chi connectivity index (χ2v) is 9.76. The van der Waals surface area contributed by atoms with Crippen molar-refractivity contribution in [1.82, 2.24) is 10.7 Å². The molecule has 7 heteroatoms. The minimum atomic E-state index is -0.949. The molecule has 3 aromatic rings. The third kappa shape index (κ3) is 5.37. The van der Waals surface area contributed by atoms with Crippen LogP contribution in [-0.2, 0) is 21.5 Å². The molecule has 0 saturated heterocycles. The molecule has 34 heavy (non-hydrogen) atoms. The number of amides is 1. The van der Waals surface area contributed by atoms with Crippen LogP contribution in [0.4, 0.5) is 0 Å². The number of nitrogens with zero attached hydrogens (tertiary/aromatic N) is 4. The second-order valence-electron chi connectivity index (χ2n) is 9.76.